The summed E-state index contributed by atoms with van der Waals surface area (Å²) in [4.78, 5) is 0. The van der Waals surface area contributed by atoms with Crippen LogP contribution in [0.5, 0.6) is 0 Å². The van der Waals surface area contributed by atoms with Gasteiger partial charge < -0.3 is 10.3 Å². The average molecular weight is 310 g/mol. The Balaban J connectivity index is 2.13. The molecule has 0 aliphatic carbocycles. The quantitative estimate of drug-likeness (QED) is 0.921. The van der Waals surface area contributed by atoms with E-state index in [1.54, 1.807) is 6.07 Å². The molecule has 2 aromatic rings. The van der Waals surface area contributed by atoms with Gasteiger partial charge in [-0.3, -0.25) is 0 Å². The van der Waals surface area contributed by atoms with Gasteiger partial charge in [-0.15, -0.1) is 0 Å². The summed E-state index contributed by atoms with van der Waals surface area (Å²) in [5, 5.41) is 2.92. The van der Waals surface area contributed by atoms with Crippen molar-refractivity contribution in [3.05, 3.63) is 35.8 Å². The maximum atomic E-state index is 13.4. The van der Waals surface area contributed by atoms with Gasteiger partial charge in [-0.25, -0.2) is 12.8 Å². The van der Waals surface area contributed by atoms with Gasteiger partial charge in [-0.2, -0.15) is 0 Å². The van der Waals surface area contributed by atoms with E-state index in [2.05, 4.69) is 5.16 Å². The number of sulfone groups is 1. The zero-order valence-electron chi connectivity index (χ0n) is 11.3. The van der Waals surface area contributed by atoms with Crippen molar-refractivity contribution in [2.45, 2.75) is 24.5 Å². The Morgan fingerprint density at radius 2 is 2.14 bits per heavy atom. The van der Waals surface area contributed by atoms with Crippen LogP contribution >= 0.6 is 0 Å². The van der Waals surface area contributed by atoms with Gasteiger partial charge in [0.05, 0.1) is 11.3 Å². The van der Waals surface area contributed by atoms with E-state index in [1.807, 2.05) is 0 Å². The van der Waals surface area contributed by atoms with Crippen LogP contribution in [-0.4, -0.2) is 19.3 Å². The van der Waals surface area contributed by atoms with Crippen LogP contribution < -0.4 is 5.73 Å². The minimum atomic E-state index is -3.29. The average Bonchev–Trinajstić information content (AvgIpc) is 2.80. The highest BCUT2D eigenvalue weighted by molar-refractivity contribution is 7.91. The van der Waals surface area contributed by atoms with Gasteiger partial charge in [0.2, 0.25) is 0 Å². The molecular weight excluding hydrogens is 295 g/mol. The lowest BCUT2D eigenvalue weighted by Gasteiger charge is -2.20. The van der Waals surface area contributed by atoms with Crippen molar-refractivity contribution in [2.24, 2.45) is 0 Å². The Labute approximate surface area is 121 Å². The van der Waals surface area contributed by atoms with Crippen molar-refractivity contribution in [3.8, 4) is 11.1 Å². The summed E-state index contributed by atoms with van der Waals surface area (Å²) in [6.45, 7) is 0. The van der Waals surface area contributed by atoms with Crippen LogP contribution in [-0.2, 0) is 9.84 Å². The van der Waals surface area contributed by atoms with E-state index >= 15 is 0 Å². The van der Waals surface area contributed by atoms with Crippen LogP contribution in [0.15, 0.2) is 28.8 Å². The van der Waals surface area contributed by atoms with Crippen molar-refractivity contribution in [1.29, 1.82) is 0 Å². The van der Waals surface area contributed by atoms with E-state index in [0.29, 0.717) is 24.0 Å². The number of nitrogens with zero attached hydrogens (tertiary/aromatic N) is 1. The van der Waals surface area contributed by atoms with Crippen LogP contribution in [0.1, 0.15) is 30.3 Å². The number of anilines is 1. The highest BCUT2D eigenvalue weighted by Gasteiger charge is 2.36. The second kappa shape index (κ2) is 5.14. The molecule has 21 heavy (non-hydrogen) atoms. The van der Waals surface area contributed by atoms with Gasteiger partial charge in [0, 0.05) is 0 Å². The molecule has 1 atom stereocenters. The number of hydrogen-bond donors (Lipinski definition) is 1. The van der Waals surface area contributed by atoms with E-state index in [0.717, 1.165) is 6.42 Å². The van der Waals surface area contributed by atoms with E-state index in [9.17, 15) is 12.8 Å². The smallest absolute Gasteiger partial charge is 0.175 e. The van der Waals surface area contributed by atoms with Gasteiger partial charge in [-0.05, 0) is 30.5 Å². The first-order chi connectivity index (χ1) is 9.99. The predicted molar refractivity (Wildman–Crippen MR) is 76.7 cm³/mol. The molecule has 1 aliphatic heterocycles. The zero-order valence-corrected chi connectivity index (χ0v) is 12.1. The van der Waals surface area contributed by atoms with Crippen LogP contribution in [0.25, 0.3) is 11.1 Å². The van der Waals surface area contributed by atoms with E-state index in [-0.39, 0.29) is 17.3 Å². The first-order valence-corrected chi connectivity index (χ1v) is 8.43. The predicted octanol–water partition coefficient (Wildman–Crippen LogP) is 2.70. The summed E-state index contributed by atoms with van der Waals surface area (Å²) >= 11 is 0. The molecular formula is C14H15FN2O3S. The first kappa shape index (κ1) is 14.1. The number of benzene rings is 1. The van der Waals surface area contributed by atoms with Gasteiger partial charge in [0.15, 0.2) is 21.4 Å². The molecule has 112 valence electrons. The van der Waals surface area contributed by atoms with Crippen LogP contribution in [0.4, 0.5) is 10.2 Å². The third-order valence-corrected chi connectivity index (χ3v) is 5.90. The fourth-order valence-corrected chi connectivity index (χ4v) is 4.62. The monoisotopic (exact) mass is 310 g/mol. The maximum absolute atomic E-state index is 13.4. The lowest BCUT2D eigenvalue weighted by Crippen LogP contribution is -2.21. The minimum absolute atomic E-state index is 0.0800. The molecule has 1 aliphatic rings. The molecule has 3 rings (SSSR count). The van der Waals surface area contributed by atoms with Crippen LogP contribution in [0.2, 0.25) is 0 Å². The molecule has 1 aromatic carbocycles. The third-order valence-electron chi connectivity index (χ3n) is 3.73. The number of rotatable bonds is 2. The van der Waals surface area contributed by atoms with E-state index < -0.39 is 20.9 Å². The number of nitrogens with two attached hydrogens (primary N) is 1. The highest BCUT2D eigenvalue weighted by atomic mass is 32.2. The van der Waals surface area contributed by atoms with Gasteiger partial charge >= 0.3 is 0 Å². The number of hydrogen-bond acceptors (Lipinski definition) is 5. The summed E-state index contributed by atoms with van der Waals surface area (Å²) in [6.07, 6.45) is 1.92. The Morgan fingerprint density at radius 1 is 1.33 bits per heavy atom. The molecule has 0 bridgehead atoms. The fraction of sp³-hybridized carbons (Fsp3) is 0.357. The molecule has 7 heteroatoms. The van der Waals surface area contributed by atoms with Crippen molar-refractivity contribution in [3.63, 3.8) is 0 Å². The number of aromatic nitrogens is 1. The molecule has 0 radical (unpaired) electrons. The topological polar surface area (TPSA) is 86.2 Å². The van der Waals surface area contributed by atoms with Crippen molar-refractivity contribution in [1.82, 2.24) is 5.16 Å². The summed E-state index contributed by atoms with van der Waals surface area (Å²) in [6, 6.07) is 5.80. The van der Waals surface area contributed by atoms with Crippen LogP contribution in [0, 0.1) is 5.82 Å². The van der Waals surface area contributed by atoms with E-state index in [1.165, 1.54) is 18.2 Å². The zero-order chi connectivity index (χ0) is 15.0. The lowest BCUT2D eigenvalue weighted by atomic mass is 10.0. The number of halogens is 1. The molecule has 0 spiro atoms. The molecule has 0 amide bonds. The molecule has 2 N–H and O–H groups in total. The Kier molecular flexibility index (Phi) is 3.44. The highest BCUT2D eigenvalue weighted by Crippen LogP contribution is 2.41. The SMILES string of the molecule is Nc1noc(C2CCCCS2(=O)=O)c1-c1cccc(F)c1. The maximum Gasteiger partial charge on any atom is 0.175 e. The minimum Gasteiger partial charge on any atom is -0.380 e. The second-order valence-electron chi connectivity index (χ2n) is 5.17. The first-order valence-electron chi connectivity index (χ1n) is 6.71. The molecule has 0 saturated carbocycles. The summed E-state index contributed by atoms with van der Waals surface area (Å²) in [5.74, 6) is 0.000601. The largest absolute Gasteiger partial charge is 0.380 e. The van der Waals surface area contributed by atoms with Crippen molar-refractivity contribution >= 4 is 15.7 Å². The number of nitrogen functional groups attached to an aromatic ring is 1. The summed E-state index contributed by atoms with van der Waals surface area (Å²) < 4.78 is 43.1. The van der Waals surface area contributed by atoms with Crippen molar-refractivity contribution < 1.29 is 17.3 Å². The summed E-state index contributed by atoms with van der Waals surface area (Å²) in [7, 11) is -3.29. The molecule has 1 aromatic heterocycles. The van der Waals surface area contributed by atoms with Gasteiger partial charge in [0.25, 0.3) is 0 Å². The molecule has 1 fully saturated rings. The second-order valence-corrected chi connectivity index (χ2v) is 7.47. The standard InChI is InChI=1S/C14H15FN2O3S/c15-10-5-3-4-9(8-10)12-13(20-17-14(12)16)11-6-1-2-7-21(11,18)19/h3-5,8,11H,1-2,6-7H2,(H2,16,17). The van der Waals surface area contributed by atoms with E-state index in [4.69, 9.17) is 10.3 Å². The third kappa shape index (κ3) is 2.53. The molecule has 5 nitrogen and oxygen atoms in total. The molecule has 1 saturated heterocycles. The Morgan fingerprint density at radius 3 is 2.86 bits per heavy atom. The Bertz CT molecular complexity index is 770. The van der Waals surface area contributed by atoms with Crippen LogP contribution in [0.3, 0.4) is 0 Å². The van der Waals surface area contributed by atoms with Crippen molar-refractivity contribution in [2.75, 3.05) is 11.5 Å². The van der Waals surface area contributed by atoms with Gasteiger partial charge in [0.1, 0.15) is 11.1 Å². The lowest BCUT2D eigenvalue weighted by molar-refractivity contribution is 0.372. The summed E-state index contributed by atoms with van der Waals surface area (Å²) in [5.41, 5.74) is 6.65. The van der Waals surface area contributed by atoms with Gasteiger partial charge in [-0.1, -0.05) is 23.7 Å². The normalized spacial score (nSPS) is 21.3. The Hall–Kier alpha value is -1.89. The molecule has 2 heterocycles. The fourth-order valence-electron chi connectivity index (χ4n) is 2.72. The molecule has 1 unspecified atom stereocenters.